The normalized spacial score (nSPS) is 10.0. The predicted octanol–water partition coefficient (Wildman–Crippen LogP) is 3.17. The molecule has 0 saturated heterocycles. The van der Waals surface area contributed by atoms with Crippen LogP contribution in [-0.2, 0) is 0 Å². The fraction of sp³-hybridized carbons (Fsp3) is 0.188. The fourth-order valence-electron chi connectivity index (χ4n) is 2.12. The topological polar surface area (TPSA) is 90.7 Å². The average molecular weight is 316 g/mol. The van der Waals surface area contributed by atoms with Crippen LogP contribution in [0.2, 0.25) is 0 Å². The van der Waals surface area contributed by atoms with Gasteiger partial charge in [0, 0.05) is 28.9 Å². The third-order valence-electron chi connectivity index (χ3n) is 3.33. The van der Waals surface area contributed by atoms with Crippen molar-refractivity contribution in [1.82, 2.24) is 0 Å². The van der Waals surface area contributed by atoms with Crippen LogP contribution in [0, 0.1) is 17.0 Å². The first kappa shape index (κ1) is 16.3. The molecule has 0 aromatic heterocycles. The molecule has 2 rings (SSSR count). The van der Waals surface area contributed by atoms with Gasteiger partial charge in [-0.25, -0.2) is 0 Å². The summed E-state index contributed by atoms with van der Waals surface area (Å²) in [5, 5.41) is 13.4. The Hall–Kier alpha value is -3.09. The zero-order valence-corrected chi connectivity index (χ0v) is 13.0. The molecule has 0 spiro atoms. The summed E-state index contributed by atoms with van der Waals surface area (Å²) in [6.07, 6.45) is 0. The van der Waals surface area contributed by atoms with Crippen LogP contribution < -0.4 is 14.8 Å². The summed E-state index contributed by atoms with van der Waals surface area (Å²) >= 11 is 0. The van der Waals surface area contributed by atoms with E-state index in [0.717, 1.165) is 5.56 Å². The molecule has 2 aromatic rings. The number of benzene rings is 2. The van der Waals surface area contributed by atoms with E-state index in [9.17, 15) is 14.9 Å². The number of nitro groups is 1. The van der Waals surface area contributed by atoms with Crippen LogP contribution in [0.1, 0.15) is 15.9 Å². The summed E-state index contributed by atoms with van der Waals surface area (Å²) in [5.41, 5.74) is 1.35. The number of amides is 1. The van der Waals surface area contributed by atoms with Gasteiger partial charge >= 0.3 is 0 Å². The second-order valence-electron chi connectivity index (χ2n) is 4.77. The highest BCUT2D eigenvalue weighted by atomic mass is 16.6. The number of methoxy groups -OCH3 is 2. The number of rotatable bonds is 5. The number of anilines is 1. The van der Waals surface area contributed by atoms with Gasteiger partial charge in [0.25, 0.3) is 11.6 Å². The summed E-state index contributed by atoms with van der Waals surface area (Å²) in [6, 6.07) is 8.90. The van der Waals surface area contributed by atoms with E-state index >= 15 is 0 Å². The Kier molecular flexibility index (Phi) is 4.80. The fourth-order valence-corrected chi connectivity index (χ4v) is 2.12. The van der Waals surface area contributed by atoms with Crippen LogP contribution in [0.5, 0.6) is 11.5 Å². The number of carbonyl (C=O) groups is 1. The molecule has 0 radical (unpaired) electrons. The molecule has 7 nitrogen and oxygen atoms in total. The zero-order valence-electron chi connectivity index (χ0n) is 13.0. The van der Waals surface area contributed by atoms with Crippen LogP contribution in [-0.4, -0.2) is 25.1 Å². The van der Waals surface area contributed by atoms with Gasteiger partial charge in [-0.15, -0.1) is 0 Å². The molecule has 0 fully saturated rings. The Morgan fingerprint density at radius 3 is 2.26 bits per heavy atom. The first-order chi connectivity index (χ1) is 11.0. The van der Waals surface area contributed by atoms with Gasteiger partial charge in [-0.3, -0.25) is 14.9 Å². The van der Waals surface area contributed by atoms with E-state index in [1.54, 1.807) is 18.2 Å². The highest BCUT2D eigenvalue weighted by Gasteiger charge is 2.15. The van der Waals surface area contributed by atoms with Crippen molar-refractivity contribution in [3.8, 4) is 11.5 Å². The molecule has 0 heterocycles. The maximum absolute atomic E-state index is 12.4. The van der Waals surface area contributed by atoms with Gasteiger partial charge in [0.15, 0.2) is 0 Å². The maximum atomic E-state index is 12.4. The predicted molar refractivity (Wildman–Crippen MR) is 85.3 cm³/mol. The number of ether oxygens (including phenoxy) is 2. The van der Waals surface area contributed by atoms with Gasteiger partial charge in [0.05, 0.1) is 19.1 Å². The van der Waals surface area contributed by atoms with E-state index in [0.29, 0.717) is 22.7 Å². The minimum atomic E-state index is -0.520. The summed E-state index contributed by atoms with van der Waals surface area (Å²) in [5.74, 6) is 0.629. The molecule has 0 atom stereocenters. The lowest BCUT2D eigenvalue weighted by atomic mass is 10.1. The number of nitrogens with one attached hydrogen (secondary N) is 1. The van der Waals surface area contributed by atoms with Crippen LogP contribution in [0.3, 0.4) is 0 Å². The third-order valence-corrected chi connectivity index (χ3v) is 3.33. The van der Waals surface area contributed by atoms with Gasteiger partial charge in [0.2, 0.25) is 0 Å². The zero-order chi connectivity index (χ0) is 17.0. The highest BCUT2D eigenvalue weighted by molar-refractivity contribution is 6.05. The van der Waals surface area contributed by atoms with Crippen molar-refractivity contribution in [2.75, 3.05) is 19.5 Å². The Morgan fingerprint density at radius 1 is 1.13 bits per heavy atom. The smallest absolute Gasteiger partial charge is 0.271 e. The summed E-state index contributed by atoms with van der Waals surface area (Å²) in [7, 11) is 3.01. The molecule has 1 N–H and O–H groups in total. The molecule has 120 valence electrons. The molecule has 0 aliphatic carbocycles. The summed E-state index contributed by atoms with van der Waals surface area (Å²) in [4.78, 5) is 22.6. The SMILES string of the molecule is COc1cc(C(=O)Nc2cccc([N+](=O)[O-])c2)cc(OC)c1C. The number of non-ortho nitro benzene ring substituents is 1. The Balaban J connectivity index is 2.30. The number of hydrogen-bond donors (Lipinski definition) is 1. The van der Waals surface area contributed by atoms with Crippen LogP contribution in [0.25, 0.3) is 0 Å². The second kappa shape index (κ2) is 6.78. The lowest BCUT2D eigenvalue weighted by molar-refractivity contribution is -0.384. The summed E-state index contributed by atoms with van der Waals surface area (Å²) < 4.78 is 10.5. The van der Waals surface area contributed by atoms with Gasteiger partial charge in [0.1, 0.15) is 11.5 Å². The minimum Gasteiger partial charge on any atom is -0.496 e. The standard InChI is InChI=1S/C16H16N2O5/c1-10-14(22-2)7-11(8-15(10)23-3)16(19)17-12-5-4-6-13(9-12)18(20)21/h4-9H,1-3H3,(H,17,19). The number of hydrogen-bond acceptors (Lipinski definition) is 5. The van der Waals surface area contributed by atoms with Gasteiger partial charge < -0.3 is 14.8 Å². The lowest BCUT2D eigenvalue weighted by Gasteiger charge is -2.12. The van der Waals surface area contributed by atoms with Crippen LogP contribution >= 0.6 is 0 Å². The van der Waals surface area contributed by atoms with E-state index in [1.807, 2.05) is 6.92 Å². The molecule has 0 bridgehead atoms. The molecule has 0 aliphatic heterocycles. The Labute approximate surface area is 133 Å². The Morgan fingerprint density at radius 2 is 1.74 bits per heavy atom. The highest BCUT2D eigenvalue weighted by Crippen LogP contribution is 2.30. The average Bonchev–Trinajstić information content (AvgIpc) is 2.55. The first-order valence-electron chi connectivity index (χ1n) is 6.74. The number of nitro benzene ring substituents is 1. The van der Waals surface area contributed by atoms with Crippen molar-refractivity contribution < 1.29 is 19.2 Å². The second-order valence-corrected chi connectivity index (χ2v) is 4.77. The van der Waals surface area contributed by atoms with Crippen molar-refractivity contribution >= 4 is 17.3 Å². The molecular formula is C16H16N2O5. The van der Waals surface area contributed by atoms with E-state index in [-0.39, 0.29) is 5.69 Å². The number of nitrogens with zero attached hydrogens (tertiary/aromatic N) is 1. The van der Waals surface area contributed by atoms with Gasteiger partial charge in [-0.2, -0.15) is 0 Å². The third kappa shape index (κ3) is 3.57. The molecule has 0 aliphatic rings. The van der Waals surface area contributed by atoms with Crippen molar-refractivity contribution in [1.29, 1.82) is 0 Å². The maximum Gasteiger partial charge on any atom is 0.271 e. The molecule has 0 unspecified atom stereocenters. The molecule has 7 heteroatoms. The molecular weight excluding hydrogens is 300 g/mol. The minimum absolute atomic E-state index is 0.0955. The molecule has 0 saturated carbocycles. The van der Waals surface area contributed by atoms with E-state index < -0.39 is 10.8 Å². The van der Waals surface area contributed by atoms with E-state index in [1.165, 1.54) is 32.4 Å². The first-order valence-corrected chi connectivity index (χ1v) is 6.74. The van der Waals surface area contributed by atoms with Crippen molar-refractivity contribution in [3.63, 3.8) is 0 Å². The Bertz CT molecular complexity index is 733. The monoisotopic (exact) mass is 316 g/mol. The van der Waals surface area contributed by atoms with Crippen molar-refractivity contribution in [2.45, 2.75) is 6.92 Å². The van der Waals surface area contributed by atoms with Gasteiger partial charge in [-0.05, 0) is 25.1 Å². The van der Waals surface area contributed by atoms with Crippen molar-refractivity contribution in [3.05, 3.63) is 57.6 Å². The molecule has 2 aromatic carbocycles. The van der Waals surface area contributed by atoms with Crippen LogP contribution in [0.15, 0.2) is 36.4 Å². The summed E-state index contributed by atoms with van der Waals surface area (Å²) in [6.45, 7) is 1.82. The molecule has 23 heavy (non-hydrogen) atoms. The quantitative estimate of drug-likeness (QED) is 0.676. The van der Waals surface area contributed by atoms with E-state index in [2.05, 4.69) is 5.32 Å². The largest absolute Gasteiger partial charge is 0.496 e. The van der Waals surface area contributed by atoms with Gasteiger partial charge in [-0.1, -0.05) is 6.07 Å². The lowest BCUT2D eigenvalue weighted by Crippen LogP contribution is -2.12. The van der Waals surface area contributed by atoms with Crippen LogP contribution in [0.4, 0.5) is 11.4 Å². The molecule has 1 amide bonds. The van der Waals surface area contributed by atoms with Crippen molar-refractivity contribution in [2.24, 2.45) is 0 Å². The van der Waals surface area contributed by atoms with E-state index in [4.69, 9.17) is 9.47 Å². The number of carbonyl (C=O) groups excluding carboxylic acids is 1.